The summed E-state index contributed by atoms with van der Waals surface area (Å²) < 4.78 is 2.54. The summed E-state index contributed by atoms with van der Waals surface area (Å²) in [5, 5.41) is 13.9. The Morgan fingerprint density at radius 1 is 1.57 bits per heavy atom. The first-order valence-corrected chi connectivity index (χ1v) is 5.53. The molecule has 0 fully saturated rings. The first-order valence-electron chi connectivity index (χ1n) is 3.92. The normalized spacial score (nSPS) is 10.7. The van der Waals surface area contributed by atoms with E-state index in [0.717, 1.165) is 14.5 Å². The fraction of sp³-hybridized carbons (Fsp3) is 0.286. The lowest BCUT2D eigenvalue weighted by molar-refractivity contribution is 0.680. The van der Waals surface area contributed by atoms with Crippen molar-refractivity contribution in [3.63, 3.8) is 0 Å². The largest absolute Gasteiger partial charge is 0.381 e. The number of halogens is 1. The van der Waals surface area contributed by atoms with E-state index in [0.29, 0.717) is 12.4 Å². The van der Waals surface area contributed by atoms with Gasteiger partial charge in [0.25, 0.3) is 0 Å². The number of nitrogens with two attached hydrogens (primary N) is 1. The second kappa shape index (κ2) is 3.66. The number of rotatable bonds is 2. The lowest BCUT2D eigenvalue weighted by atomic mass is 10.6. The van der Waals surface area contributed by atoms with E-state index >= 15 is 0 Å². The Morgan fingerprint density at radius 3 is 2.86 bits per heavy atom. The first kappa shape index (κ1) is 9.60. The van der Waals surface area contributed by atoms with Crippen LogP contribution in [0.2, 0.25) is 0 Å². The second-order valence-corrected chi connectivity index (χ2v) is 4.90. The number of anilines is 1. The highest BCUT2D eigenvalue weighted by atomic mass is 79.9. The summed E-state index contributed by atoms with van der Waals surface area (Å²) in [6, 6.07) is 0. The maximum Gasteiger partial charge on any atom is 0.159 e. The molecule has 0 saturated heterocycles. The summed E-state index contributed by atoms with van der Waals surface area (Å²) in [5.41, 5.74) is 5.59. The molecule has 14 heavy (non-hydrogen) atoms. The van der Waals surface area contributed by atoms with Crippen LogP contribution in [0.3, 0.4) is 0 Å². The van der Waals surface area contributed by atoms with Crippen molar-refractivity contribution in [3.8, 4) is 0 Å². The lowest BCUT2D eigenvalue weighted by Crippen LogP contribution is -2.00. The molecule has 0 aliphatic rings. The van der Waals surface area contributed by atoms with Crippen molar-refractivity contribution in [1.82, 2.24) is 20.0 Å². The summed E-state index contributed by atoms with van der Waals surface area (Å²) in [4.78, 5) is 0. The molecule has 0 radical (unpaired) electrons. The van der Waals surface area contributed by atoms with Crippen molar-refractivity contribution < 1.29 is 0 Å². The Hall–Kier alpha value is -0.950. The maximum atomic E-state index is 5.59. The zero-order valence-electron chi connectivity index (χ0n) is 7.44. The van der Waals surface area contributed by atoms with Gasteiger partial charge in [-0.25, -0.2) is 0 Å². The fourth-order valence-electron chi connectivity index (χ4n) is 1.03. The number of nitrogens with zero attached hydrogens (tertiary/aromatic N) is 4. The van der Waals surface area contributed by atoms with Gasteiger partial charge in [0.05, 0.1) is 11.0 Å². The van der Waals surface area contributed by atoms with Crippen LogP contribution in [-0.4, -0.2) is 20.0 Å². The molecular formula is C7H8BrN5S. The van der Waals surface area contributed by atoms with Crippen LogP contribution in [0.4, 0.5) is 5.82 Å². The molecule has 0 aliphatic carbocycles. The van der Waals surface area contributed by atoms with Crippen LogP contribution in [-0.2, 0) is 6.54 Å². The minimum atomic E-state index is 0.492. The van der Waals surface area contributed by atoms with Crippen LogP contribution >= 0.6 is 27.3 Å². The summed E-state index contributed by atoms with van der Waals surface area (Å²) in [6.45, 7) is 2.54. The van der Waals surface area contributed by atoms with Crippen molar-refractivity contribution in [2.45, 2.75) is 13.5 Å². The standard InChI is InChI=1S/C7H8BrN5S/c1-4-10-11-6(14-4)3-13-2-5(8)7(9)12-13/h2H,3H2,1H3,(H2,9,12). The predicted octanol–water partition coefficient (Wildman–Crippen LogP) is 1.44. The number of hydrogen-bond acceptors (Lipinski definition) is 5. The molecule has 0 amide bonds. The zero-order chi connectivity index (χ0) is 10.1. The highest BCUT2D eigenvalue weighted by molar-refractivity contribution is 9.10. The van der Waals surface area contributed by atoms with Crippen LogP contribution in [0, 0.1) is 6.92 Å². The van der Waals surface area contributed by atoms with Crippen LogP contribution in [0.5, 0.6) is 0 Å². The molecule has 2 aromatic heterocycles. The molecule has 5 nitrogen and oxygen atoms in total. The van der Waals surface area contributed by atoms with Crippen LogP contribution in [0.1, 0.15) is 10.0 Å². The molecule has 2 heterocycles. The average Bonchev–Trinajstić information content (AvgIpc) is 2.62. The molecule has 0 aliphatic heterocycles. The molecule has 0 saturated carbocycles. The van der Waals surface area contributed by atoms with Crippen molar-refractivity contribution >= 4 is 33.1 Å². The van der Waals surface area contributed by atoms with Gasteiger partial charge < -0.3 is 5.73 Å². The van der Waals surface area contributed by atoms with E-state index in [4.69, 9.17) is 5.73 Å². The third-order valence-electron chi connectivity index (χ3n) is 1.61. The SMILES string of the molecule is Cc1nnc(Cn2cc(Br)c(N)n2)s1. The van der Waals surface area contributed by atoms with Gasteiger partial charge in [0.2, 0.25) is 0 Å². The van der Waals surface area contributed by atoms with Gasteiger partial charge in [-0.15, -0.1) is 10.2 Å². The monoisotopic (exact) mass is 273 g/mol. The van der Waals surface area contributed by atoms with Crippen molar-refractivity contribution in [3.05, 3.63) is 20.7 Å². The number of nitrogen functional groups attached to an aromatic ring is 1. The first-order chi connectivity index (χ1) is 6.65. The van der Waals surface area contributed by atoms with Gasteiger partial charge in [0.1, 0.15) is 10.0 Å². The third-order valence-corrected chi connectivity index (χ3v) is 3.04. The molecule has 2 aromatic rings. The summed E-state index contributed by atoms with van der Waals surface area (Å²) in [5.74, 6) is 0.492. The van der Waals surface area contributed by atoms with E-state index in [1.54, 1.807) is 16.0 Å². The van der Waals surface area contributed by atoms with E-state index in [-0.39, 0.29) is 0 Å². The van der Waals surface area contributed by atoms with Gasteiger partial charge in [-0.05, 0) is 22.9 Å². The van der Waals surface area contributed by atoms with E-state index in [9.17, 15) is 0 Å². The van der Waals surface area contributed by atoms with Crippen molar-refractivity contribution in [2.75, 3.05) is 5.73 Å². The molecule has 0 atom stereocenters. The third kappa shape index (κ3) is 1.93. The molecule has 0 bridgehead atoms. The molecule has 2 rings (SSSR count). The quantitative estimate of drug-likeness (QED) is 0.899. The lowest BCUT2D eigenvalue weighted by Gasteiger charge is -1.94. The highest BCUT2D eigenvalue weighted by Gasteiger charge is 2.05. The van der Waals surface area contributed by atoms with E-state index < -0.39 is 0 Å². The molecule has 2 N–H and O–H groups in total. The fourth-order valence-corrected chi connectivity index (χ4v) is 2.05. The second-order valence-electron chi connectivity index (χ2n) is 2.77. The highest BCUT2D eigenvalue weighted by Crippen LogP contribution is 2.17. The average molecular weight is 274 g/mol. The molecular weight excluding hydrogens is 266 g/mol. The van der Waals surface area contributed by atoms with Gasteiger partial charge in [0, 0.05) is 6.20 Å². The van der Waals surface area contributed by atoms with Gasteiger partial charge in [0.15, 0.2) is 5.82 Å². The minimum absolute atomic E-state index is 0.492. The Bertz CT molecular complexity index is 429. The number of aromatic nitrogens is 4. The summed E-state index contributed by atoms with van der Waals surface area (Å²) in [7, 11) is 0. The van der Waals surface area contributed by atoms with Crippen LogP contribution < -0.4 is 5.73 Å². The van der Waals surface area contributed by atoms with E-state index in [1.807, 2.05) is 13.1 Å². The number of hydrogen-bond donors (Lipinski definition) is 1. The Balaban J connectivity index is 2.18. The zero-order valence-corrected chi connectivity index (χ0v) is 9.84. The molecule has 0 spiro atoms. The molecule has 7 heteroatoms. The van der Waals surface area contributed by atoms with Crippen LogP contribution in [0.15, 0.2) is 10.7 Å². The Morgan fingerprint density at radius 2 is 2.36 bits per heavy atom. The van der Waals surface area contributed by atoms with Gasteiger partial charge in [-0.3, -0.25) is 4.68 Å². The van der Waals surface area contributed by atoms with Crippen molar-refractivity contribution in [1.29, 1.82) is 0 Å². The summed E-state index contributed by atoms with van der Waals surface area (Å²) in [6.07, 6.45) is 1.83. The number of aryl methyl sites for hydroxylation is 1. The van der Waals surface area contributed by atoms with Gasteiger partial charge >= 0.3 is 0 Å². The minimum Gasteiger partial charge on any atom is -0.381 e. The maximum absolute atomic E-state index is 5.59. The molecule has 0 aromatic carbocycles. The predicted molar refractivity (Wildman–Crippen MR) is 58.1 cm³/mol. The van der Waals surface area contributed by atoms with Crippen molar-refractivity contribution in [2.24, 2.45) is 0 Å². The van der Waals surface area contributed by atoms with Crippen LogP contribution in [0.25, 0.3) is 0 Å². The Kier molecular flexibility index (Phi) is 2.51. The smallest absolute Gasteiger partial charge is 0.159 e. The van der Waals surface area contributed by atoms with Gasteiger partial charge in [-0.2, -0.15) is 5.10 Å². The summed E-state index contributed by atoms with van der Waals surface area (Å²) >= 11 is 4.85. The van der Waals surface area contributed by atoms with E-state index in [1.165, 1.54) is 0 Å². The molecule has 0 unspecified atom stereocenters. The Labute approximate surface area is 93.1 Å². The topological polar surface area (TPSA) is 69.6 Å². The molecule has 74 valence electrons. The van der Waals surface area contributed by atoms with E-state index in [2.05, 4.69) is 31.2 Å². The van der Waals surface area contributed by atoms with Gasteiger partial charge in [-0.1, -0.05) is 11.3 Å².